The first kappa shape index (κ1) is 22.8. The summed E-state index contributed by atoms with van der Waals surface area (Å²) in [7, 11) is 0. The molecular formula is C22H27F2N7O2. The molecule has 0 aliphatic heterocycles. The van der Waals surface area contributed by atoms with Gasteiger partial charge in [-0.05, 0) is 39.2 Å². The number of rotatable bonds is 8. The van der Waals surface area contributed by atoms with Gasteiger partial charge >= 0.3 is 0 Å². The fourth-order valence-electron chi connectivity index (χ4n) is 3.64. The topological polar surface area (TPSA) is 116 Å². The van der Waals surface area contributed by atoms with E-state index in [1.807, 2.05) is 0 Å². The molecule has 1 amide bonds. The quantitative estimate of drug-likeness (QED) is 0.409. The molecule has 2 unspecified atom stereocenters. The number of hydrogen-bond donors (Lipinski definition) is 4. The summed E-state index contributed by atoms with van der Waals surface area (Å²) in [6, 6.07) is 4.65. The molecule has 1 aliphatic carbocycles. The fourth-order valence-corrected chi connectivity index (χ4v) is 3.64. The first-order chi connectivity index (χ1) is 15.7. The Labute approximate surface area is 189 Å². The van der Waals surface area contributed by atoms with Crippen molar-refractivity contribution in [3.05, 3.63) is 42.4 Å². The lowest BCUT2D eigenvalue weighted by molar-refractivity contribution is -0.00177. The van der Waals surface area contributed by atoms with Gasteiger partial charge in [0.25, 0.3) is 5.91 Å². The van der Waals surface area contributed by atoms with Crippen LogP contribution in [-0.2, 0) is 0 Å². The highest BCUT2D eigenvalue weighted by Crippen LogP contribution is 2.29. The van der Waals surface area contributed by atoms with Gasteiger partial charge in [0.05, 0.1) is 35.6 Å². The van der Waals surface area contributed by atoms with E-state index in [9.17, 15) is 18.7 Å². The lowest BCUT2D eigenvalue weighted by Gasteiger charge is -2.23. The molecule has 0 bridgehead atoms. The number of pyridine rings is 1. The van der Waals surface area contributed by atoms with E-state index < -0.39 is 29.9 Å². The molecule has 0 radical (unpaired) electrons. The van der Waals surface area contributed by atoms with Gasteiger partial charge < -0.3 is 21.1 Å². The van der Waals surface area contributed by atoms with E-state index in [-0.39, 0.29) is 12.1 Å². The molecule has 4 N–H and O–H groups in total. The van der Waals surface area contributed by atoms with Crippen molar-refractivity contribution < 1.29 is 18.7 Å². The van der Waals surface area contributed by atoms with E-state index >= 15 is 0 Å². The molecule has 3 atom stereocenters. The number of nitrogens with zero attached hydrogens (tertiary/aromatic N) is 4. The number of aliphatic hydroxyl groups is 1. The molecule has 9 nitrogen and oxygen atoms in total. The molecule has 3 heterocycles. The van der Waals surface area contributed by atoms with Crippen molar-refractivity contribution in [1.82, 2.24) is 24.9 Å². The maximum absolute atomic E-state index is 14.3. The zero-order chi connectivity index (χ0) is 23.6. The third-order valence-corrected chi connectivity index (χ3v) is 5.64. The Morgan fingerprint density at radius 2 is 2.15 bits per heavy atom. The number of carbonyl (C=O) groups excluding carboxylic acids is 1. The number of carbonyl (C=O) groups is 1. The average Bonchev–Trinajstić information content (AvgIpc) is 3.39. The fraction of sp³-hybridized carbons (Fsp3) is 0.455. The smallest absolute Gasteiger partial charge is 0.255 e. The van der Waals surface area contributed by atoms with Gasteiger partial charge in [-0.1, -0.05) is 0 Å². The van der Waals surface area contributed by atoms with Crippen molar-refractivity contribution in [2.45, 2.75) is 57.1 Å². The van der Waals surface area contributed by atoms with Crippen molar-refractivity contribution in [1.29, 1.82) is 0 Å². The number of amides is 1. The second-order valence-electron chi connectivity index (χ2n) is 8.72. The highest BCUT2D eigenvalue weighted by Gasteiger charge is 2.29. The summed E-state index contributed by atoms with van der Waals surface area (Å²) in [6.07, 6.45) is 3.89. The SMILES string of the molecule is CC(C)(O)[C@H](F)CNC(=O)c1cnc(Nc2ccn3nccc3n2)cc1NC1CCCC1F. The highest BCUT2D eigenvalue weighted by atomic mass is 19.1. The van der Waals surface area contributed by atoms with Crippen molar-refractivity contribution >= 4 is 28.9 Å². The third kappa shape index (κ3) is 5.36. The molecule has 3 aromatic rings. The van der Waals surface area contributed by atoms with Gasteiger partial charge in [0.15, 0.2) is 5.65 Å². The zero-order valence-corrected chi connectivity index (χ0v) is 18.4. The van der Waals surface area contributed by atoms with Gasteiger partial charge in [-0.15, -0.1) is 0 Å². The van der Waals surface area contributed by atoms with Gasteiger partial charge in [-0.2, -0.15) is 5.10 Å². The Hall–Kier alpha value is -3.34. The minimum Gasteiger partial charge on any atom is -0.387 e. The first-order valence-corrected chi connectivity index (χ1v) is 10.8. The second kappa shape index (κ2) is 9.26. The highest BCUT2D eigenvalue weighted by molar-refractivity contribution is 5.99. The number of aromatic nitrogens is 4. The monoisotopic (exact) mass is 459 g/mol. The minimum absolute atomic E-state index is 0.154. The molecule has 1 saturated carbocycles. The van der Waals surface area contributed by atoms with Crippen LogP contribution in [0.15, 0.2) is 36.8 Å². The minimum atomic E-state index is -1.65. The van der Waals surface area contributed by atoms with Crippen LogP contribution < -0.4 is 16.0 Å². The van der Waals surface area contributed by atoms with Crippen LogP contribution >= 0.6 is 0 Å². The number of fused-ring (bicyclic) bond motifs is 1. The first-order valence-electron chi connectivity index (χ1n) is 10.8. The maximum atomic E-state index is 14.3. The van der Waals surface area contributed by atoms with E-state index in [0.717, 1.165) is 6.42 Å². The summed E-state index contributed by atoms with van der Waals surface area (Å²) in [5, 5.41) is 22.5. The molecule has 1 aliphatic rings. The molecule has 11 heteroatoms. The zero-order valence-electron chi connectivity index (χ0n) is 18.4. The normalized spacial score (nSPS) is 19.4. The Balaban J connectivity index is 1.56. The largest absolute Gasteiger partial charge is 0.387 e. The molecule has 176 valence electrons. The predicted octanol–water partition coefficient (Wildman–Crippen LogP) is 3.01. The molecule has 3 aromatic heterocycles. The van der Waals surface area contributed by atoms with Crippen molar-refractivity contribution in [3.8, 4) is 0 Å². The van der Waals surface area contributed by atoms with E-state index in [2.05, 4.69) is 31.0 Å². The lowest BCUT2D eigenvalue weighted by Crippen LogP contribution is -2.42. The average molecular weight is 460 g/mol. The number of anilines is 3. The summed E-state index contributed by atoms with van der Waals surface area (Å²) in [5.41, 5.74) is -0.409. The van der Waals surface area contributed by atoms with Gasteiger partial charge in [0.2, 0.25) is 0 Å². The van der Waals surface area contributed by atoms with Gasteiger partial charge in [-0.3, -0.25) is 4.79 Å². The van der Waals surface area contributed by atoms with Crippen LogP contribution in [0.1, 0.15) is 43.5 Å². The molecule has 0 spiro atoms. The summed E-state index contributed by atoms with van der Waals surface area (Å²) in [4.78, 5) is 21.5. The maximum Gasteiger partial charge on any atom is 0.255 e. The molecular weight excluding hydrogens is 432 g/mol. The van der Waals surface area contributed by atoms with Crippen molar-refractivity contribution in [2.75, 3.05) is 17.2 Å². The predicted molar refractivity (Wildman–Crippen MR) is 120 cm³/mol. The second-order valence-corrected chi connectivity index (χ2v) is 8.72. The van der Waals surface area contributed by atoms with Crippen LogP contribution in [-0.4, -0.2) is 61.1 Å². The van der Waals surface area contributed by atoms with Crippen LogP contribution in [0.3, 0.4) is 0 Å². The van der Waals surface area contributed by atoms with Crippen LogP contribution in [0.2, 0.25) is 0 Å². The van der Waals surface area contributed by atoms with Gasteiger partial charge in [0, 0.05) is 24.5 Å². The van der Waals surface area contributed by atoms with E-state index in [1.165, 1.54) is 20.0 Å². The number of nitrogens with one attached hydrogen (secondary N) is 3. The molecule has 0 aromatic carbocycles. The van der Waals surface area contributed by atoms with E-state index in [0.29, 0.717) is 35.8 Å². The van der Waals surface area contributed by atoms with Crippen LogP contribution in [0.5, 0.6) is 0 Å². The van der Waals surface area contributed by atoms with Gasteiger partial charge in [-0.25, -0.2) is 23.3 Å². The standard InChI is InChI=1S/C22H27F2N7O2/c1-22(2,33)17(24)12-26-21(32)13-11-25-19(10-16(13)28-15-5-3-4-14(15)23)29-18-7-9-31-20(30-18)6-8-27-31/h6-11,14-15,17,33H,3-5,12H2,1-2H3,(H,26,32)(H2,25,28,29,30)/t14?,15?,17-/m1/s1. The Bertz CT molecular complexity index is 1130. The van der Waals surface area contributed by atoms with Crippen LogP contribution in [0.25, 0.3) is 5.65 Å². The van der Waals surface area contributed by atoms with Crippen LogP contribution in [0.4, 0.5) is 26.1 Å². The molecule has 1 fully saturated rings. The molecule has 33 heavy (non-hydrogen) atoms. The number of halogens is 2. The van der Waals surface area contributed by atoms with Crippen molar-refractivity contribution in [3.63, 3.8) is 0 Å². The van der Waals surface area contributed by atoms with Crippen molar-refractivity contribution in [2.24, 2.45) is 0 Å². The van der Waals surface area contributed by atoms with Crippen LogP contribution in [0, 0.1) is 0 Å². The third-order valence-electron chi connectivity index (χ3n) is 5.64. The van der Waals surface area contributed by atoms with Gasteiger partial charge in [0.1, 0.15) is 24.0 Å². The van der Waals surface area contributed by atoms with E-state index in [1.54, 1.807) is 35.1 Å². The Kier molecular flexibility index (Phi) is 6.41. The molecule has 0 saturated heterocycles. The van der Waals surface area contributed by atoms with E-state index in [4.69, 9.17) is 0 Å². The lowest BCUT2D eigenvalue weighted by atomic mass is 10.0. The summed E-state index contributed by atoms with van der Waals surface area (Å²) in [5.74, 6) is 0.350. The number of alkyl halides is 2. The summed E-state index contributed by atoms with van der Waals surface area (Å²) in [6.45, 7) is 2.29. The Morgan fingerprint density at radius 3 is 2.88 bits per heavy atom. The molecule has 4 rings (SSSR count). The summed E-state index contributed by atoms with van der Waals surface area (Å²) < 4.78 is 30.0. The number of hydrogen-bond acceptors (Lipinski definition) is 7. The Morgan fingerprint density at radius 1 is 1.33 bits per heavy atom. The summed E-state index contributed by atoms with van der Waals surface area (Å²) >= 11 is 0.